The molecule has 0 spiro atoms. The van der Waals surface area contributed by atoms with Crippen molar-refractivity contribution in [2.75, 3.05) is 7.11 Å². The fourth-order valence-corrected chi connectivity index (χ4v) is 4.26. The van der Waals surface area contributed by atoms with Crippen LogP contribution >= 0.6 is 0 Å². The Morgan fingerprint density at radius 3 is 2.42 bits per heavy atom. The number of rotatable bonds is 10. The van der Waals surface area contributed by atoms with Crippen LogP contribution in [0.4, 0.5) is 0 Å². The molecule has 2 N–H and O–H groups in total. The van der Waals surface area contributed by atoms with Crippen LogP contribution in [0.2, 0.25) is 0 Å². The van der Waals surface area contributed by atoms with Gasteiger partial charge in [-0.25, -0.2) is 0 Å². The number of nitrogens with one attached hydrogen (secondary N) is 1. The number of aliphatic carboxylic acids is 1. The summed E-state index contributed by atoms with van der Waals surface area (Å²) in [4.78, 5) is 24.5. The molecule has 0 aliphatic rings. The monoisotopic (exact) mass is 483 g/mol. The van der Waals surface area contributed by atoms with Crippen LogP contribution in [0.3, 0.4) is 0 Å². The minimum absolute atomic E-state index is 0.0372. The first-order valence-electron chi connectivity index (χ1n) is 11.9. The number of benzene rings is 4. The molecule has 0 aliphatic carbocycles. The average Bonchev–Trinajstić information content (AvgIpc) is 2.88. The number of carboxylic acids is 1. The minimum atomic E-state index is -0.858. The number of hydrogen-bond donors (Lipinski definition) is 2. The Hall–Kier alpha value is -4.32. The second kappa shape index (κ2) is 11.4. The smallest absolute Gasteiger partial charge is 0.303 e. The molecule has 1 unspecified atom stereocenters. The first-order chi connectivity index (χ1) is 17.4. The highest BCUT2D eigenvalue weighted by Crippen LogP contribution is 2.29. The van der Waals surface area contributed by atoms with Gasteiger partial charge in [0.1, 0.15) is 17.2 Å². The summed E-state index contributed by atoms with van der Waals surface area (Å²) >= 11 is 0. The third-order valence-electron chi connectivity index (χ3n) is 6.08. The third-order valence-corrected chi connectivity index (χ3v) is 6.08. The van der Waals surface area contributed by atoms with E-state index < -0.39 is 5.97 Å². The normalized spacial score (nSPS) is 11.6. The van der Waals surface area contributed by atoms with E-state index in [0.717, 1.165) is 21.9 Å². The van der Waals surface area contributed by atoms with Crippen LogP contribution in [0.15, 0.2) is 84.9 Å². The van der Waals surface area contributed by atoms with Crippen molar-refractivity contribution in [1.29, 1.82) is 0 Å². The van der Waals surface area contributed by atoms with Crippen molar-refractivity contribution >= 4 is 22.6 Å². The largest absolute Gasteiger partial charge is 0.497 e. The van der Waals surface area contributed by atoms with Crippen molar-refractivity contribution < 1.29 is 24.2 Å². The summed E-state index contributed by atoms with van der Waals surface area (Å²) < 4.78 is 11.3. The van der Waals surface area contributed by atoms with Crippen molar-refractivity contribution in [1.82, 2.24) is 5.32 Å². The zero-order valence-electron chi connectivity index (χ0n) is 20.4. The van der Waals surface area contributed by atoms with E-state index in [1.807, 2.05) is 73.7 Å². The summed E-state index contributed by atoms with van der Waals surface area (Å²) in [6.45, 7) is 1.96. The van der Waals surface area contributed by atoms with Gasteiger partial charge in [0.15, 0.2) is 0 Å². The fraction of sp³-hybridized carbons (Fsp3) is 0.200. The third kappa shape index (κ3) is 6.02. The molecule has 1 amide bonds. The zero-order chi connectivity index (χ0) is 25.5. The zero-order valence-corrected chi connectivity index (χ0v) is 20.4. The minimum Gasteiger partial charge on any atom is -0.497 e. The lowest BCUT2D eigenvalue weighted by atomic mass is 9.98. The number of carboxylic acid groups (broad SMARTS) is 1. The van der Waals surface area contributed by atoms with Crippen LogP contribution in [-0.2, 0) is 11.2 Å². The van der Waals surface area contributed by atoms with Gasteiger partial charge in [0, 0.05) is 18.1 Å². The summed E-state index contributed by atoms with van der Waals surface area (Å²) in [7, 11) is 1.59. The Balaban J connectivity index is 1.60. The molecule has 0 bridgehead atoms. The summed E-state index contributed by atoms with van der Waals surface area (Å²) in [6.07, 6.45) is 0.942. The van der Waals surface area contributed by atoms with Gasteiger partial charge in [-0.2, -0.15) is 0 Å². The summed E-state index contributed by atoms with van der Waals surface area (Å²) in [6, 6.07) is 26.5. The molecule has 6 nitrogen and oxygen atoms in total. The van der Waals surface area contributed by atoms with Crippen LogP contribution < -0.4 is 14.8 Å². The number of carbonyl (C=O) groups is 2. The first kappa shape index (κ1) is 24.8. The van der Waals surface area contributed by atoms with Crippen LogP contribution in [0.1, 0.15) is 47.3 Å². The van der Waals surface area contributed by atoms with Gasteiger partial charge in [0.2, 0.25) is 0 Å². The van der Waals surface area contributed by atoms with Crippen molar-refractivity contribution in [2.45, 2.75) is 32.2 Å². The Kier molecular flexibility index (Phi) is 7.85. The summed E-state index contributed by atoms with van der Waals surface area (Å²) in [5, 5.41) is 14.4. The molecule has 6 heteroatoms. The van der Waals surface area contributed by atoms with E-state index in [1.54, 1.807) is 25.3 Å². The Bertz CT molecular complexity index is 1380. The van der Waals surface area contributed by atoms with Crippen LogP contribution in [0.5, 0.6) is 17.2 Å². The average molecular weight is 484 g/mol. The Labute approximate surface area is 210 Å². The molecule has 184 valence electrons. The van der Waals surface area contributed by atoms with Gasteiger partial charge < -0.3 is 19.9 Å². The molecule has 0 aromatic heterocycles. The molecule has 36 heavy (non-hydrogen) atoms. The number of hydrogen-bond acceptors (Lipinski definition) is 4. The van der Waals surface area contributed by atoms with Crippen LogP contribution in [0, 0.1) is 0 Å². The molecule has 0 aliphatic heterocycles. The Morgan fingerprint density at radius 2 is 1.61 bits per heavy atom. The molecular formula is C30H29NO5. The predicted molar refractivity (Wildman–Crippen MR) is 140 cm³/mol. The standard InChI is InChI=1S/C30H29NO5/c1-20(26-14-5-9-21-8-3-4-13-27(21)26)31-30(34)28-19-25(17-16-22(28)10-6-15-29(32)33)36-24-12-7-11-23(18-24)35-2/h3-5,7-9,11-14,16-20H,6,10,15H2,1-2H3,(H,31,34)(H,32,33). The predicted octanol–water partition coefficient (Wildman–Crippen LogP) is 6.54. The van der Waals surface area contributed by atoms with Gasteiger partial charge in [0.25, 0.3) is 5.91 Å². The van der Waals surface area contributed by atoms with Gasteiger partial charge in [-0.05, 0) is 65.9 Å². The van der Waals surface area contributed by atoms with Crippen LogP contribution in [0.25, 0.3) is 10.8 Å². The number of ether oxygens (including phenoxy) is 2. The van der Waals surface area contributed by atoms with Crippen molar-refractivity contribution in [2.24, 2.45) is 0 Å². The number of fused-ring (bicyclic) bond motifs is 1. The van der Waals surface area contributed by atoms with E-state index in [9.17, 15) is 9.59 Å². The van der Waals surface area contributed by atoms with Gasteiger partial charge in [-0.1, -0.05) is 54.6 Å². The molecular weight excluding hydrogens is 454 g/mol. The highest BCUT2D eigenvalue weighted by atomic mass is 16.5. The number of methoxy groups -OCH3 is 1. The second-order valence-corrected chi connectivity index (χ2v) is 8.61. The van der Waals surface area contributed by atoms with Crippen molar-refractivity contribution in [3.63, 3.8) is 0 Å². The number of aryl methyl sites for hydroxylation is 1. The molecule has 0 saturated carbocycles. The molecule has 0 fully saturated rings. The maximum absolute atomic E-state index is 13.5. The maximum atomic E-state index is 13.5. The molecule has 0 radical (unpaired) electrons. The highest BCUT2D eigenvalue weighted by Gasteiger charge is 2.18. The van der Waals surface area contributed by atoms with E-state index in [0.29, 0.717) is 35.7 Å². The first-order valence-corrected chi connectivity index (χ1v) is 11.9. The lowest BCUT2D eigenvalue weighted by Crippen LogP contribution is -2.27. The van der Waals surface area contributed by atoms with Gasteiger partial charge >= 0.3 is 5.97 Å². The van der Waals surface area contributed by atoms with E-state index in [2.05, 4.69) is 5.32 Å². The van der Waals surface area contributed by atoms with E-state index in [-0.39, 0.29) is 18.4 Å². The molecule has 4 aromatic carbocycles. The highest BCUT2D eigenvalue weighted by molar-refractivity contribution is 5.97. The van der Waals surface area contributed by atoms with Crippen LogP contribution in [-0.4, -0.2) is 24.1 Å². The topological polar surface area (TPSA) is 84.9 Å². The molecule has 0 saturated heterocycles. The van der Waals surface area contributed by atoms with Crippen molar-refractivity contribution in [3.8, 4) is 17.2 Å². The molecule has 4 rings (SSSR count). The van der Waals surface area contributed by atoms with Gasteiger partial charge in [-0.3, -0.25) is 9.59 Å². The van der Waals surface area contributed by atoms with Crippen molar-refractivity contribution in [3.05, 3.63) is 102 Å². The lowest BCUT2D eigenvalue weighted by molar-refractivity contribution is -0.137. The maximum Gasteiger partial charge on any atom is 0.303 e. The quantitative estimate of drug-likeness (QED) is 0.268. The fourth-order valence-electron chi connectivity index (χ4n) is 4.26. The Morgan fingerprint density at radius 1 is 0.889 bits per heavy atom. The molecule has 4 aromatic rings. The van der Waals surface area contributed by atoms with E-state index >= 15 is 0 Å². The van der Waals surface area contributed by atoms with E-state index in [1.165, 1.54) is 0 Å². The number of amides is 1. The molecule has 1 atom stereocenters. The SMILES string of the molecule is COc1cccc(Oc2ccc(CCCC(=O)O)c(C(=O)NC(C)c3cccc4ccccc34)c2)c1. The lowest BCUT2D eigenvalue weighted by Gasteiger charge is -2.19. The molecule has 0 heterocycles. The van der Waals surface area contributed by atoms with Gasteiger partial charge in [-0.15, -0.1) is 0 Å². The van der Waals surface area contributed by atoms with Gasteiger partial charge in [0.05, 0.1) is 13.2 Å². The summed E-state index contributed by atoms with van der Waals surface area (Å²) in [5.74, 6) is 0.664. The van der Waals surface area contributed by atoms with E-state index in [4.69, 9.17) is 14.6 Å². The second-order valence-electron chi connectivity index (χ2n) is 8.61. The summed E-state index contributed by atoms with van der Waals surface area (Å²) in [5.41, 5.74) is 2.27. The number of carbonyl (C=O) groups excluding carboxylic acids is 1.